The molecule has 2 nitrogen and oxygen atoms in total. The Kier molecular flexibility index (Phi) is 9.30. The number of hydrogen-bond donors (Lipinski definition) is 0. The van der Waals surface area contributed by atoms with Crippen molar-refractivity contribution in [2.24, 2.45) is 0 Å². The molecule has 0 fully saturated rings. The highest BCUT2D eigenvalue weighted by atomic mass is 15.2. The van der Waals surface area contributed by atoms with E-state index in [1.54, 1.807) is 0 Å². The van der Waals surface area contributed by atoms with E-state index >= 15 is 0 Å². The summed E-state index contributed by atoms with van der Waals surface area (Å²) in [5.74, 6) is 0. The fourth-order valence-electron chi connectivity index (χ4n) is 11.6. The molecule has 0 saturated carbocycles. The van der Waals surface area contributed by atoms with Gasteiger partial charge in [-0.2, -0.15) is 0 Å². The molecule has 2 aliphatic heterocycles. The fraction of sp³-hybridized carbons (Fsp3) is 0.492. The van der Waals surface area contributed by atoms with Crippen molar-refractivity contribution in [1.82, 2.24) is 0 Å². The smallest absolute Gasteiger partial charge is 0.252 e. The van der Waals surface area contributed by atoms with Gasteiger partial charge in [-0.15, -0.1) is 0 Å². The summed E-state index contributed by atoms with van der Waals surface area (Å²) in [6, 6.07) is 32.8. The number of fused-ring (bicyclic) bond motifs is 6. The minimum atomic E-state index is -0.0823. The first-order valence-corrected chi connectivity index (χ1v) is 23.9. The van der Waals surface area contributed by atoms with Crippen LogP contribution in [0.2, 0.25) is 0 Å². The summed E-state index contributed by atoms with van der Waals surface area (Å²) in [5, 5.41) is 0. The van der Waals surface area contributed by atoms with E-state index in [1.807, 2.05) is 0 Å². The third kappa shape index (κ3) is 6.64. The van der Waals surface area contributed by atoms with Gasteiger partial charge in [-0.3, -0.25) is 0 Å². The highest BCUT2D eigenvalue weighted by Crippen LogP contribution is 2.53. The molecule has 0 spiro atoms. The van der Waals surface area contributed by atoms with E-state index in [4.69, 9.17) is 0 Å². The van der Waals surface area contributed by atoms with Crippen LogP contribution >= 0.6 is 0 Å². The highest BCUT2D eigenvalue weighted by Gasteiger charge is 2.48. The van der Waals surface area contributed by atoms with E-state index in [9.17, 15) is 0 Å². The van der Waals surface area contributed by atoms with Crippen LogP contribution in [-0.2, 0) is 37.9 Å². The Morgan fingerprint density at radius 3 is 1.40 bits per heavy atom. The van der Waals surface area contributed by atoms with E-state index < -0.39 is 0 Å². The molecular weight excluding hydrogens is 747 g/mol. The molecule has 0 amide bonds. The molecule has 2 heterocycles. The maximum absolute atomic E-state index is 2.72. The zero-order chi connectivity index (χ0) is 45.1. The van der Waals surface area contributed by atoms with Crippen molar-refractivity contribution >= 4 is 57.2 Å². The molecule has 0 N–H and O–H groups in total. The zero-order valence-electron chi connectivity index (χ0n) is 41.8. The van der Waals surface area contributed by atoms with Gasteiger partial charge in [0.25, 0.3) is 6.71 Å². The molecule has 0 unspecified atom stereocenters. The van der Waals surface area contributed by atoms with Crippen molar-refractivity contribution in [3.8, 4) is 0 Å². The molecule has 2 aliphatic carbocycles. The first kappa shape index (κ1) is 43.0. The van der Waals surface area contributed by atoms with Crippen LogP contribution in [0.15, 0.2) is 78.9 Å². The van der Waals surface area contributed by atoms with Crippen molar-refractivity contribution < 1.29 is 0 Å². The van der Waals surface area contributed by atoms with Crippen LogP contribution in [0.1, 0.15) is 188 Å². The second-order valence-electron chi connectivity index (χ2n) is 25.8. The van der Waals surface area contributed by atoms with Gasteiger partial charge in [-0.25, -0.2) is 0 Å². The van der Waals surface area contributed by atoms with Crippen molar-refractivity contribution in [3.05, 3.63) is 123 Å². The first-order chi connectivity index (χ1) is 28.5. The summed E-state index contributed by atoms with van der Waals surface area (Å²) in [5.41, 5.74) is 23.9. The lowest BCUT2D eigenvalue weighted by atomic mass is 9.33. The monoisotopic (exact) mass is 823 g/mol. The quantitative estimate of drug-likeness (QED) is 0.160. The summed E-state index contributed by atoms with van der Waals surface area (Å²) >= 11 is 0. The van der Waals surface area contributed by atoms with Crippen LogP contribution in [0.5, 0.6) is 0 Å². The standard InChI is InChI=1S/C59H75BN2/c1-36-29-37(53(2,3)4)20-24-47(36)62-48-30-38(54(5,6)7)19-23-45(48)60-46-34-43-44(59(17,18)28-27-58(43,15)16)35-49(46)61(50-31-39(55(8,9)10)32-51(62)52(50)60)40-21-22-41-42(33-40)57(13,14)26-25-56(41,11)12/h19-24,29-35H,25-28H2,1-18H3. The summed E-state index contributed by atoms with van der Waals surface area (Å²) < 4.78 is 0. The molecule has 0 saturated heterocycles. The van der Waals surface area contributed by atoms with E-state index in [-0.39, 0.29) is 44.6 Å². The molecule has 5 aromatic carbocycles. The molecule has 5 aromatic rings. The number of benzene rings is 5. The SMILES string of the molecule is Cc1cc(C(C)(C)C)ccc1N1c2cc(C(C)(C)C)ccc2B2c3cc4c(cc3N(c3ccc5c(c3)C(C)(C)CCC5(C)C)c3cc(C(C)(C)C)cc1c32)C(C)(C)CCC4(C)C. The predicted molar refractivity (Wildman–Crippen MR) is 272 cm³/mol. The summed E-state index contributed by atoms with van der Waals surface area (Å²) in [7, 11) is 0. The lowest BCUT2D eigenvalue weighted by Crippen LogP contribution is -2.62. The van der Waals surface area contributed by atoms with E-state index in [0.717, 1.165) is 0 Å². The Labute approximate surface area is 377 Å². The van der Waals surface area contributed by atoms with Gasteiger partial charge in [-0.1, -0.05) is 154 Å². The van der Waals surface area contributed by atoms with Gasteiger partial charge in [0, 0.05) is 34.1 Å². The van der Waals surface area contributed by atoms with Crippen LogP contribution in [0.3, 0.4) is 0 Å². The molecule has 0 bridgehead atoms. The van der Waals surface area contributed by atoms with Gasteiger partial charge >= 0.3 is 0 Å². The number of aryl methyl sites for hydroxylation is 1. The van der Waals surface area contributed by atoms with Gasteiger partial charge in [0.05, 0.1) is 0 Å². The van der Waals surface area contributed by atoms with Gasteiger partial charge in [0.15, 0.2) is 0 Å². The van der Waals surface area contributed by atoms with Crippen molar-refractivity contribution in [3.63, 3.8) is 0 Å². The Bertz CT molecular complexity index is 2660. The molecule has 324 valence electrons. The molecule has 3 heteroatoms. The normalized spacial score (nSPS) is 19.3. The third-order valence-corrected chi connectivity index (χ3v) is 16.2. The lowest BCUT2D eigenvalue weighted by molar-refractivity contribution is 0.332. The number of anilines is 6. The van der Waals surface area contributed by atoms with Gasteiger partial charge in [0.1, 0.15) is 0 Å². The number of hydrogen-bond acceptors (Lipinski definition) is 2. The lowest BCUT2D eigenvalue weighted by Gasteiger charge is -2.48. The van der Waals surface area contributed by atoms with Crippen LogP contribution in [0, 0.1) is 6.92 Å². The van der Waals surface area contributed by atoms with E-state index in [0.29, 0.717) is 0 Å². The predicted octanol–water partition coefficient (Wildman–Crippen LogP) is 14.7. The van der Waals surface area contributed by atoms with E-state index in [1.165, 1.54) is 121 Å². The molecule has 62 heavy (non-hydrogen) atoms. The van der Waals surface area contributed by atoms with Crippen molar-refractivity contribution in [1.29, 1.82) is 0 Å². The second-order valence-corrected chi connectivity index (χ2v) is 25.8. The molecule has 0 aromatic heterocycles. The van der Waals surface area contributed by atoms with Crippen LogP contribution in [0.4, 0.5) is 34.1 Å². The Hall–Kier alpha value is -4.24. The van der Waals surface area contributed by atoms with Gasteiger partial charge in [0.2, 0.25) is 0 Å². The third-order valence-electron chi connectivity index (χ3n) is 16.2. The molecular formula is C59H75BN2. The van der Waals surface area contributed by atoms with E-state index in [2.05, 4.69) is 213 Å². The molecule has 0 atom stereocenters. The summed E-state index contributed by atoms with van der Waals surface area (Å²) in [4.78, 5) is 5.39. The molecule has 4 aliphatic rings. The second kappa shape index (κ2) is 13.4. The van der Waals surface area contributed by atoms with Gasteiger partial charge in [-0.05, 0) is 174 Å². The first-order valence-electron chi connectivity index (χ1n) is 23.9. The fourth-order valence-corrected chi connectivity index (χ4v) is 11.6. The van der Waals surface area contributed by atoms with Crippen LogP contribution in [0.25, 0.3) is 0 Å². The summed E-state index contributed by atoms with van der Waals surface area (Å²) in [6.45, 7) is 43.5. The number of rotatable bonds is 2. The largest absolute Gasteiger partial charge is 0.311 e. The van der Waals surface area contributed by atoms with Crippen LogP contribution in [-0.4, -0.2) is 6.71 Å². The zero-order valence-corrected chi connectivity index (χ0v) is 41.8. The minimum Gasteiger partial charge on any atom is -0.311 e. The topological polar surface area (TPSA) is 6.48 Å². The Balaban J connectivity index is 1.44. The van der Waals surface area contributed by atoms with Gasteiger partial charge < -0.3 is 9.80 Å². The molecule has 9 rings (SSSR count). The number of nitrogens with zero attached hydrogens (tertiary/aromatic N) is 2. The summed E-state index contributed by atoms with van der Waals surface area (Å²) in [6.07, 6.45) is 4.78. The highest BCUT2D eigenvalue weighted by molar-refractivity contribution is 7.00. The Morgan fingerprint density at radius 1 is 0.403 bits per heavy atom. The van der Waals surface area contributed by atoms with Crippen molar-refractivity contribution in [2.45, 2.75) is 188 Å². The maximum atomic E-state index is 2.72. The maximum Gasteiger partial charge on any atom is 0.252 e. The van der Waals surface area contributed by atoms with Crippen molar-refractivity contribution in [2.75, 3.05) is 9.80 Å². The Morgan fingerprint density at radius 2 is 0.855 bits per heavy atom. The average molecular weight is 823 g/mol. The van der Waals surface area contributed by atoms with Crippen LogP contribution < -0.4 is 26.2 Å². The average Bonchev–Trinajstić information content (AvgIpc) is 3.16. The molecule has 0 radical (unpaired) electrons. The minimum absolute atomic E-state index is 0.00469.